The van der Waals surface area contributed by atoms with Gasteiger partial charge in [-0.1, -0.05) is 5.16 Å². The fraction of sp³-hybridized carbons (Fsp3) is 0.522. The molecule has 7 heteroatoms. The first-order chi connectivity index (χ1) is 14.6. The molecule has 0 radical (unpaired) electrons. The Morgan fingerprint density at radius 1 is 1.13 bits per heavy atom. The van der Waals surface area contributed by atoms with E-state index in [1.807, 2.05) is 20.0 Å². The second-order valence-electron chi connectivity index (χ2n) is 9.12. The normalized spacial score (nSPS) is 22.7. The van der Waals surface area contributed by atoms with Crippen molar-refractivity contribution in [2.75, 3.05) is 13.1 Å². The van der Waals surface area contributed by atoms with Gasteiger partial charge in [0.1, 0.15) is 5.82 Å². The maximum atomic E-state index is 13.9. The van der Waals surface area contributed by atoms with Crippen molar-refractivity contribution < 1.29 is 9.32 Å². The van der Waals surface area contributed by atoms with Crippen LogP contribution in [0, 0.1) is 13.8 Å². The molecule has 4 heterocycles. The average molecular weight is 403 g/mol. The molecule has 3 aliphatic rings. The maximum absolute atomic E-state index is 13.9. The minimum atomic E-state index is -0.0457. The lowest BCUT2D eigenvalue weighted by Gasteiger charge is -2.40. The standard InChI is InChI=1S/C23H25N5O2/c1-13-18-19(16-5-3-6-17(16)26-21(18)30-27-13)22(29)28-10-4-8-23(12-28)9-7-15-11-24-14(2)25-20(15)23/h11H,3-10,12H2,1-2H3. The van der Waals surface area contributed by atoms with Crippen LogP contribution in [0.2, 0.25) is 0 Å². The molecule has 6 rings (SSSR count). The number of likely N-dealkylation sites (tertiary alicyclic amines) is 1. The zero-order valence-corrected chi connectivity index (χ0v) is 17.5. The van der Waals surface area contributed by atoms with Crippen LogP contribution >= 0.6 is 0 Å². The van der Waals surface area contributed by atoms with Crippen LogP contribution in [-0.4, -0.2) is 44.0 Å². The number of nitrogens with zero attached hydrogens (tertiary/aromatic N) is 5. The number of aromatic nitrogens is 4. The zero-order chi connectivity index (χ0) is 20.5. The SMILES string of the molecule is Cc1ncc2c(n1)C1(CCCN(C(=O)c3c4c(nc5onc(C)c35)CCC4)C1)CC2. The molecule has 30 heavy (non-hydrogen) atoms. The van der Waals surface area contributed by atoms with E-state index in [2.05, 4.69) is 20.0 Å². The zero-order valence-electron chi connectivity index (χ0n) is 17.5. The van der Waals surface area contributed by atoms with E-state index >= 15 is 0 Å². The molecule has 0 aromatic carbocycles. The van der Waals surface area contributed by atoms with Gasteiger partial charge in [-0.05, 0) is 69.9 Å². The van der Waals surface area contributed by atoms with Crippen molar-refractivity contribution in [2.45, 2.75) is 64.2 Å². The van der Waals surface area contributed by atoms with Gasteiger partial charge in [0.25, 0.3) is 11.6 Å². The maximum Gasteiger partial charge on any atom is 0.259 e. The summed E-state index contributed by atoms with van der Waals surface area (Å²) in [5.74, 6) is 0.914. The van der Waals surface area contributed by atoms with Crippen LogP contribution in [-0.2, 0) is 24.7 Å². The fourth-order valence-electron chi connectivity index (χ4n) is 5.84. The predicted octanol–water partition coefficient (Wildman–Crippen LogP) is 3.24. The Bertz CT molecular complexity index is 1200. The molecule has 1 amide bonds. The Balaban J connectivity index is 1.43. The highest BCUT2D eigenvalue weighted by molar-refractivity contribution is 6.07. The molecule has 3 aromatic rings. The van der Waals surface area contributed by atoms with Crippen LogP contribution in [0.4, 0.5) is 0 Å². The first-order valence-electron chi connectivity index (χ1n) is 11.0. The molecule has 2 aliphatic carbocycles. The van der Waals surface area contributed by atoms with Gasteiger partial charge < -0.3 is 9.42 Å². The van der Waals surface area contributed by atoms with Crippen LogP contribution in [0.15, 0.2) is 10.7 Å². The Hall–Kier alpha value is -2.83. The molecule has 0 saturated carbocycles. The quantitative estimate of drug-likeness (QED) is 0.620. The van der Waals surface area contributed by atoms with Gasteiger partial charge >= 0.3 is 0 Å². The predicted molar refractivity (Wildman–Crippen MR) is 110 cm³/mol. The molecule has 0 bridgehead atoms. The Kier molecular flexibility index (Phi) is 3.80. The summed E-state index contributed by atoms with van der Waals surface area (Å²) in [5.41, 5.74) is 6.49. The molecule has 3 aromatic heterocycles. The van der Waals surface area contributed by atoms with Gasteiger partial charge in [-0.25, -0.2) is 15.0 Å². The second kappa shape index (κ2) is 6.33. The molecule has 0 N–H and O–H groups in total. The summed E-state index contributed by atoms with van der Waals surface area (Å²) in [6, 6.07) is 0. The molecule has 1 fully saturated rings. The van der Waals surface area contributed by atoms with Gasteiger partial charge in [0.15, 0.2) is 0 Å². The summed E-state index contributed by atoms with van der Waals surface area (Å²) in [4.78, 5) is 29.9. The van der Waals surface area contributed by atoms with E-state index in [0.29, 0.717) is 5.71 Å². The van der Waals surface area contributed by atoms with E-state index in [1.165, 1.54) is 11.3 Å². The van der Waals surface area contributed by atoms with Gasteiger partial charge in [-0.2, -0.15) is 0 Å². The summed E-state index contributed by atoms with van der Waals surface area (Å²) in [7, 11) is 0. The highest BCUT2D eigenvalue weighted by Gasteiger charge is 2.45. The third-order valence-corrected chi connectivity index (χ3v) is 7.26. The summed E-state index contributed by atoms with van der Waals surface area (Å²) in [5, 5.41) is 4.91. The van der Waals surface area contributed by atoms with E-state index < -0.39 is 0 Å². The fourth-order valence-corrected chi connectivity index (χ4v) is 5.84. The highest BCUT2D eigenvalue weighted by Crippen LogP contribution is 2.44. The first kappa shape index (κ1) is 18.0. The summed E-state index contributed by atoms with van der Waals surface area (Å²) < 4.78 is 5.46. The molecule has 1 unspecified atom stereocenters. The molecule has 7 nitrogen and oxygen atoms in total. The number of piperidine rings is 1. The Labute approximate surface area is 174 Å². The third kappa shape index (κ3) is 2.47. The average Bonchev–Trinajstić information content (AvgIpc) is 3.45. The number of rotatable bonds is 1. The number of carbonyl (C=O) groups excluding carboxylic acids is 1. The van der Waals surface area contributed by atoms with Crippen molar-refractivity contribution in [1.82, 2.24) is 25.0 Å². The lowest BCUT2D eigenvalue weighted by molar-refractivity contribution is 0.0634. The number of aryl methyl sites for hydroxylation is 4. The molecular weight excluding hydrogens is 378 g/mol. The number of hydrogen-bond acceptors (Lipinski definition) is 6. The van der Waals surface area contributed by atoms with Gasteiger partial charge in [0, 0.05) is 30.4 Å². The minimum Gasteiger partial charge on any atom is -0.338 e. The van der Waals surface area contributed by atoms with Crippen molar-refractivity contribution in [3.63, 3.8) is 0 Å². The van der Waals surface area contributed by atoms with Crippen LogP contribution in [0.1, 0.15) is 70.1 Å². The number of hydrogen-bond donors (Lipinski definition) is 0. The van der Waals surface area contributed by atoms with E-state index in [9.17, 15) is 4.79 Å². The first-order valence-corrected chi connectivity index (χ1v) is 11.0. The van der Waals surface area contributed by atoms with Crippen molar-refractivity contribution in [3.8, 4) is 0 Å². The number of carbonyl (C=O) groups is 1. The molecular formula is C23H25N5O2. The van der Waals surface area contributed by atoms with Gasteiger partial charge in [-0.15, -0.1) is 0 Å². The van der Waals surface area contributed by atoms with Crippen molar-refractivity contribution in [2.24, 2.45) is 0 Å². The summed E-state index contributed by atoms with van der Waals surface area (Å²) >= 11 is 0. The molecule has 1 spiro atoms. The van der Waals surface area contributed by atoms with Crippen LogP contribution < -0.4 is 0 Å². The lowest BCUT2D eigenvalue weighted by Crippen LogP contribution is -2.48. The van der Waals surface area contributed by atoms with Gasteiger partial charge in [-0.3, -0.25) is 4.79 Å². The smallest absolute Gasteiger partial charge is 0.259 e. The highest BCUT2D eigenvalue weighted by atomic mass is 16.5. The molecule has 1 aliphatic heterocycles. The minimum absolute atomic E-state index is 0.0457. The third-order valence-electron chi connectivity index (χ3n) is 7.26. The van der Waals surface area contributed by atoms with Crippen LogP contribution in [0.25, 0.3) is 11.1 Å². The number of pyridine rings is 1. The van der Waals surface area contributed by atoms with Crippen LogP contribution in [0.3, 0.4) is 0 Å². The van der Waals surface area contributed by atoms with Gasteiger partial charge in [0.2, 0.25) is 0 Å². The van der Waals surface area contributed by atoms with Crippen molar-refractivity contribution in [1.29, 1.82) is 0 Å². The molecule has 1 saturated heterocycles. The number of fused-ring (bicyclic) bond motifs is 4. The van der Waals surface area contributed by atoms with E-state index in [-0.39, 0.29) is 11.3 Å². The lowest BCUT2D eigenvalue weighted by atomic mass is 9.77. The molecule has 1 atom stereocenters. The topological polar surface area (TPSA) is 85.0 Å². The van der Waals surface area contributed by atoms with E-state index in [4.69, 9.17) is 9.51 Å². The van der Waals surface area contributed by atoms with Crippen molar-refractivity contribution >= 4 is 17.0 Å². The van der Waals surface area contributed by atoms with Crippen LogP contribution in [0.5, 0.6) is 0 Å². The Morgan fingerprint density at radius 3 is 2.93 bits per heavy atom. The van der Waals surface area contributed by atoms with E-state index in [1.54, 1.807) is 0 Å². The summed E-state index contributed by atoms with van der Waals surface area (Å²) in [6.45, 7) is 5.35. The monoisotopic (exact) mass is 403 g/mol. The van der Waals surface area contributed by atoms with Gasteiger partial charge in [0.05, 0.1) is 22.3 Å². The largest absolute Gasteiger partial charge is 0.338 e. The summed E-state index contributed by atoms with van der Waals surface area (Å²) in [6.07, 6.45) is 8.93. The Morgan fingerprint density at radius 2 is 2.03 bits per heavy atom. The number of amides is 1. The molecule has 154 valence electrons. The van der Waals surface area contributed by atoms with Crippen molar-refractivity contribution in [3.05, 3.63) is 45.8 Å². The van der Waals surface area contributed by atoms with E-state index in [0.717, 1.165) is 91.8 Å². The second-order valence-corrected chi connectivity index (χ2v) is 9.12.